The second-order valence-corrected chi connectivity index (χ2v) is 9.70. The molecule has 1 saturated heterocycles. The number of hydrogen-bond donors (Lipinski definition) is 2. The highest BCUT2D eigenvalue weighted by molar-refractivity contribution is 9.10. The van der Waals surface area contributed by atoms with Gasteiger partial charge in [0.25, 0.3) is 11.8 Å². The first kappa shape index (κ1) is 27.9. The van der Waals surface area contributed by atoms with Crippen LogP contribution in [0.1, 0.15) is 34.0 Å². The van der Waals surface area contributed by atoms with Crippen LogP contribution < -0.4 is 19.7 Å². The molecule has 1 heterocycles. The molecule has 200 valence electrons. The number of carbonyl (C=O) groups excluding carboxylic acids is 3. The van der Waals surface area contributed by atoms with Crippen molar-refractivity contribution in [1.29, 1.82) is 0 Å². The number of rotatable bonds is 8. The molecule has 3 aromatic rings. The van der Waals surface area contributed by atoms with Crippen LogP contribution in [0.15, 0.2) is 64.6 Å². The third-order valence-electron chi connectivity index (χ3n) is 5.77. The number of aryl methyl sites for hydroxylation is 1. The lowest BCUT2D eigenvalue weighted by atomic mass is 10.1. The zero-order valence-electron chi connectivity index (χ0n) is 20.8. The molecule has 11 heteroatoms. The first-order valence-corrected chi connectivity index (χ1v) is 12.8. The van der Waals surface area contributed by atoms with Crippen LogP contribution in [-0.2, 0) is 16.2 Å². The van der Waals surface area contributed by atoms with Crippen molar-refractivity contribution < 1.29 is 33.8 Å². The van der Waals surface area contributed by atoms with E-state index in [1.165, 1.54) is 24.3 Å². The fourth-order valence-electron chi connectivity index (χ4n) is 3.72. The van der Waals surface area contributed by atoms with E-state index in [0.717, 1.165) is 16.0 Å². The molecule has 0 aliphatic carbocycles. The number of benzene rings is 3. The first-order chi connectivity index (χ1) is 18.6. The summed E-state index contributed by atoms with van der Waals surface area (Å²) in [6.45, 7) is 4.04. The molecule has 1 aliphatic rings. The normalized spacial score (nSPS) is 14.4. The Kier molecular flexibility index (Phi) is 8.37. The standard InChI is InChI=1S/C28H22BrClN2O7/c1-3-38-23-11-18(21(29)13-24(23)39-14-16-5-7-17(8-6-16)27(35)36)10-20-25(33)31-28(37)32(26(20)34)19-9-4-15(2)22(30)12-19/h4-13H,3,14H2,1-2H3,(H,35,36)(H,31,33,37)/b20-10-. The molecule has 0 saturated carbocycles. The van der Waals surface area contributed by atoms with Gasteiger partial charge in [-0.3, -0.25) is 14.9 Å². The monoisotopic (exact) mass is 612 g/mol. The van der Waals surface area contributed by atoms with Crippen molar-refractivity contribution in [3.05, 3.63) is 91.9 Å². The van der Waals surface area contributed by atoms with Crippen LogP contribution >= 0.6 is 27.5 Å². The van der Waals surface area contributed by atoms with Crippen LogP contribution in [-0.4, -0.2) is 35.5 Å². The van der Waals surface area contributed by atoms with Gasteiger partial charge in [-0.2, -0.15) is 0 Å². The summed E-state index contributed by atoms with van der Waals surface area (Å²) in [5.74, 6) is -1.92. The van der Waals surface area contributed by atoms with Gasteiger partial charge >= 0.3 is 12.0 Å². The number of amides is 4. The van der Waals surface area contributed by atoms with Gasteiger partial charge in [0.05, 0.1) is 17.9 Å². The smallest absolute Gasteiger partial charge is 0.335 e. The SMILES string of the molecule is CCOc1cc(/C=C2/C(=O)NC(=O)N(c3ccc(C)c(Cl)c3)C2=O)c(Br)cc1OCc1ccc(C(=O)O)cc1. The largest absolute Gasteiger partial charge is 0.490 e. The van der Waals surface area contributed by atoms with Gasteiger partial charge in [0, 0.05) is 9.50 Å². The fourth-order valence-corrected chi connectivity index (χ4v) is 4.33. The highest BCUT2D eigenvalue weighted by Crippen LogP contribution is 2.36. The number of nitrogens with one attached hydrogen (secondary N) is 1. The Morgan fingerprint density at radius 3 is 2.38 bits per heavy atom. The number of urea groups is 1. The van der Waals surface area contributed by atoms with E-state index in [0.29, 0.717) is 33.2 Å². The van der Waals surface area contributed by atoms with Gasteiger partial charge in [-0.05, 0) is 73.0 Å². The van der Waals surface area contributed by atoms with Crippen molar-refractivity contribution >= 4 is 63.1 Å². The third kappa shape index (κ3) is 6.13. The highest BCUT2D eigenvalue weighted by atomic mass is 79.9. The van der Waals surface area contributed by atoms with Gasteiger partial charge in [-0.1, -0.05) is 45.7 Å². The lowest BCUT2D eigenvalue weighted by Gasteiger charge is -2.26. The molecule has 9 nitrogen and oxygen atoms in total. The Morgan fingerprint density at radius 2 is 1.74 bits per heavy atom. The minimum Gasteiger partial charge on any atom is -0.490 e. The van der Waals surface area contributed by atoms with Crippen molar-refractivity contribution in [3.63, 3.8) is 0 Å². The van der Waals surface area contributed by atoms with Crippen LogP contribution in [0.2, 0.25) is 5.02 Å². The molecule has 0 aromatic heterocycles. The van der Waals surface area contributed by atoms with Crippen molar-refractivity contribution in [2.24, 2.45) is 0 Å². The van der Waals surface area contributed by atoms with E-state index in [2.05, 4.69) is 21.2 Å². The summed E-state index contributed by atoms with van der Waals surface area (Å²) in [4.78, 5) is 50.4. The van der Waals surface area contributed by atoms with E-state index >= 15 is 0 Å². The van der Waals surface area contributed by atoms with Crippen molar-refractivity contribution in [3.8, 4) is 11.5 Å². The van der Waals surface area contributed by atoms with Crippen LogP contribution in [0.3, 0.4) is 0 Å². The number of barbiturate groups is 1. The lowest BCUT2D eigenvalue weighted by Crippen LogP contribution is -2.54. The Balaban J connectivity index is 1.64. The molecule has 39 heavy (non-hydrogen) atoms. The van der Waals surface area contributed by atoms with Crippen LogP contribution in [0, 0.1) is 6.92 Å². The average Bonchev–Trinajstić information content (AvgIpc) is 2.89. The average molecular weight is 614 g/mol. The molecular formula is C28H22BrClN2O7. The molecular weight excluding hydrogens is 592 g/mol. The number of halogens is 2. The molecule has 0 unspecified atom stereocenters. The number of carboxylic acid groups (broad SMARTS) is 1. The molecule has 0 spiro atoms. The number of carbonyl (C=O) groups is 4. The number of imide groups is 2. The Morgan fingerprint density at radius 1 is 1.05 bits per heavy atom. The molecule has 0 radical (unpaired) electrons. The van der Waals surface area contributed by atoms with E-state index in [1.807, 2.05) is 0 Å². The maximum atomic E-state index is 13.3. The lowest BCUT2D eigenvalue weighted by molar-refractivity contribution is -0.122. The van der Waals surface area contributed by atoms with Crippen molar-refractivity contribution in [1.82, 2.24) is 5.32 Å². The molecule has 4 amide bonds. The fraction of sp³-hybridized carbons (Fsp3) is 0.143. The zero-order valence-corrected chi connectivity index (χ0v) is 23.1. The topological polar surface area (TPSA) is 122 Å². The van der Waals surface area contributed by atoms with E-state index in [4.69, 9.17) is 26.2 Å². The second kappa shape index (κ2) is 11.7. The summed E-state index contributed by atoms with van der Waals surface area (Å²) >= 11 is 9.64. The molecule has 0 atom stereocenters. The number of aromatic carboxylic acids is 1. The number of carboxylic acids is 1. The van der Waals surface area contributed by atoms with E-state index in [1.54, 1.807) is 50.2 Å². The maximum absolute atomic E-state index is 13.3. The van der Waals surface area contributed by atoms with Gasteiger partial charge < -0.3 is 14.6 Å². The number of ether oxygens (including phenoxy) is 2. The summed E-state index contributed by atoms with van der Waals surface area (Å²) in [6.07, 6.45) is 1.36. The molecule has 3 aromatic carbocycles. The summed E-state index contributed by atoms with van der Waals surface area (Å²) in [6, 6.07) is 13.4. The minimum absolute atomic E-state index is 0.143. The van der Waals surface area contributed by atoms with Crippen LogP contribution in [0.25, 0.3) is 6.08 Å². The minimum atomic E-state index is -1.02. The van der Waals surface area contributed by atoms with Gasteiger partial charge in [0.2, 0.25) is 0 Å². The number of anilines is 1. The van der Waals surface area contributed by atoms with Gasteiger partial charge in [-0.15, -0.1) is 0 Å². The maximum Gasteiger partial charge on any atom is 0.335 e. The Hall–Kier alpha value is -4.15. The van der Waals surface area contributed by atoms with Gasteiger partial charge in [-0.25, -0.2) is 14.5 Å². The third-order valence-corrected chi connectivity index (χ3v) is 6.87. The van der Waals surface area contributed by atoms with Crippen LogP contribution in [0.4, 0.5) is 10.5 Å². The molecule has 2 N–H and O–H groups in total. The Labute approximate surface area is 237 Å². The molecule has 4 rings (SSSR count). The predicted octanol–water partition coefficient (Wildman–Crippen LogP) is 5.75. The quantitative estimate of drug-likeness (QED) is 0.245. The van der Waals surface area contributed by atoms with E-state index < -0.39 is 23.8 Å². The zero-order chi connectivity index (χ0) is 28.3. The summed E-state index contributed by atoms with van der Waals surface area (Å²) < 4.78 is 12.1. The number of hydrogen-bond acceptors (Lipinski definition) is 6. The van der Waals surface area contributed by atoms with Crippen molar-refractivity contribution in [2.75, 3.05) is 11.5 Å². The van der Waals surface area contributed by atoms with Gasteiger partial charge in [0.1, 0.15) is 12.2 Å². The second-order valence-electron chi connectivity index (χ2n) is 8.44. The van der Waals surface area contributed by atoms with E-state index in [-0.39, 0.29) is 23.4 Å². The van der Waals surface area contributed by atoms with E-state index in [9.17, 15) is 19.2 Å². The Bertz CT molecular complexity index is 1520. The predicted molar refractivity (Wildman–Crippen MR) is 148 cm³/mol. The molecule has 1 aliphatic heterocycles. The molecule has 0 bridgehead atoms. The summed E-state index contributed by atoms with van der Waals surface area (Å²) in [5.41, 5.74) is 2.08. The first-order valence-electron chi connectivity index (χ1n) is 11.7. The van der Waals surface area contributed by atoms with Crippen LogP contribution in [0.5, 0.6) is 11.5 Å². The summed E-state index contributed by atoms with van der Waals surface area (Å²) in [5, 5.41) is 11.6. The van der Waals surface area contributed by atoms with Gasteiger partial charge in [0.15, 0.2) is 11.5 Å². The summed E-state index contributed by atoms with van der Waals surface area (Å²) in [7, 11) is 0. The molecule has 1 fully saturated rings. The number of nitrogens with zero attached hydrogens (tertiary/aromatic N) is 1. The van der Waals surface area contributed by atoms with Crippen molar-refractivity contribution in [2.45, 2.75) is 20.5 Å². The highest BCUT2D eigenvalue weighted by Gasteiger charge is 2.37.